The number of aliphatic hydroxyl groups excluding tert-OH is 1. The highest BCUT2D eigenvalue weighted by atomic mass is 16.5. The molecule has 0 aliphatic heterocycles. The van der Waals surface area contributed by atoms with E-state index in [1.807, 2.05) is 32.9 Å². The van der Waals surface area contributed by atoms with Crippen LogP contribution in [-0.2, 0) is 5.41 Å². The third-order valence-corrected chi connectivity index (χ3v) is 2.81. The van der Waals surface area contributed by atoms with Crippen LogP contribution < -0.4 is 4.74 Å². The minimum Gasteiger partial charge on any atom is -0.491 e. The van der Waals surface area contributed by atoms with Crippen molar-refractivity contribution in [3.8, 4) is 5.75 Å². The zero-order valence-corrected chi connectivity index (χ0v) is 11.5. The van der Waals surface area contributed by atoms with E-state index in [-0.39, 0.29) is 17.6 Å². The van der Waals surface area contributed by atoms with E-state index < -0.39 is 0 Å². The molecule has 1 N–H and O–H groups in total. The quantitative estimate of drug-likeness (QED) is 0.847. The van der Waals surface area contributed by atoms with E-state index in [1.54, 1.807) is 0 Å². The standard InChI is InChI=1S/C15H24O2/c1-11(2)17-14-8-6-13(7-9-14)15(4,5)10-12(3)16/h6-9,11-12,16H,10H2,1-5H3. The molecule has 0 fully saturated rings. The molecule has 0 aliphatic carbocycles. The second-order valence-corrected chi connectivity index (χ2v) is 5.63. The largest absolute Gasteiger partial charge is 0.491 e. The minimum absolute atomic E-state index is 0.00940. The van der Waals surface area contributed by atoms with Gasteiger partial charge in [0, 0.05) is 0 Å². The first kappa shape index (κ1) is 14.0. The number of aliphatic hydroxyl groups is 1. The normalized spacial score (nSPS) is 13.8. The van der Waals surface area contributed by atoms with Gasteiger partial charge >= 0.3 is 0 Å². The third kappa shape index (κ3) is 4.39. The van der Waals surface area contributed by atoms with Gasteiger partial charge in [-0.1, -0.05) is 26.0 Å². The molecular formula is C15H24O2. The summed E-state index contributed by atoms with van der Waals surface area (Å²) in [5.41, 5.74) is 1.22. The second kappa shape index (κ2) is 5.54. The van der Waals surface area contributed by atoms with Crippen LogP contribution in [0.1, 0.15) is 46.6 Å². The summed E-state index contributed by atoms with van der Waals surface area (Å²) in [6.07, 6.45) is 0.681. The molecule has 2 nitrogen and oxygen atoms in total. The molecule has 0 saturated carbocycles. The van der Waals surface area contributed by atoms with Crippen molar-refractivity contribution in [3.05, 3.63) is 29.8 Å². The van der Waals surface area contributed by atoms with Gasteiger partial charge in [0.15, 0.2) is 0 Å². The van der Waals surface area contributed by atoms with Gasteiger partial charge in [-0.15, -0.1) is 0 Å². The van der Waals surface area contributed by atoms with Gasteiger partial charge in [-0.25, -0.2) is 0 Å². The first-order valence-corrected chi connectivity index (χ1v) is 6.26. The molecule has 0 spiro atoms. The lowest BCUT2D eigenvalue weighted by molar-refractivity contribution is 0.157. The highest BCUT2D eigenvalue weighted by molar-refractivity contribution is 5.31. The molecule has 0 heterocycles. The summed E-state index contributed by atoms with van der Waals surface area (Å²) in [4.78, 5) is 0. The van der Waals surface area contributed by atoms with Gasteiger partial charge in [0.25, 0.3) is 0 Å². The van der Waals surface area contributed by atoms with Crippen LogP contribution in [0, 0.1) is 0 Å². The number of rotatable bonds is 5. The van der Waals surface area contributed by atoms with Crippen LogP contribution in [0.3, 0.4) is 0 Å². The first-order valence-electron chi connectivity index (χ1n) is 6.26. The molecule has 96 valence electrons. The molecule has 0 saturated heterocycles. The maximum Gasteiger partial charge on any atom is 0.119 e. The van der Waals surface area contributed by atoms with Gasteiger partial charge in [0.1, 0.15) is 5.75 Å². The van der Waals surface area contributed by atoms with E-state index in [0.717, 1.165) is 12.2 Å². The lowest BCUT2D eigenvalue weighted by Gasteiger charge is -2.27. The van der Waals surface area contributed by atoms with Gasteiger partial charge in [0.2, 0.25) is 0 Å². The maximum absolute atomic E-state index is 9.50. The molecule has 1 unspecified atom stereocenters. The molecule has 2 heteroatoms. The fraction of sp³-hybridized carbons (Fsp3) is 0.600. The Bertz CT molecular complexity index is 336. The molecule has 0 bridgehead atoms. The third-order valence-electron chi connectivity index (χ3n) is 2.81. The monoisotopic (exact) mass is 236 g/mol. The van der Waals surface area contributed by atoms with Gasteiger partial charge in [0.05, 0.1) is 12.2 Å². The van der Waals surface area contributed by atoms with Crippen molar-refractivity contribution in [2.24, 2.45) is 0 Å². The van der Waals surface area contributed by atoms with Gasteiger partial charge in [-0.3, -0.25) is 0 Å². The Morgan fingerprint density at radius 1 is 1.12 bits per heavy atom. The van der Waals surface area contributed by atoms with Crippen molar-refractivity contribution < 1.29 is 9.84 Å². The number of benzene rings is 1. The average molecular weight is 236 g/mol. The lowest BCUT2D eigenvalue weighted by atomic mass is 9.80. The molecule has 0 aromatic heterocycles. The molecule has 0 amide bonds. The molecule has 1 rings (SSSR count). The molecule has 1 aromatic carbocycles. The van der Waals surface area contributed by atoms with Gasteiger partial charge in [-0.05, 0) is 50.3 Å². The van der Waals surface area contributed by atoms with Crippen LogP contribution in [0.2, 0.25) is 0 Å². The lowest BCUT2D eigenvalue weighted by Crippen LogP contribution is -2.22. The topological polar surface area (TPSA) is 29.5 Å². The number of hydrogen-bond acceptors (Lipinski definition) is 2. The van der Waals surface area contributed by atoms with E-state index in [9.17, 15) is 5.11 Å². The molecular weight excluding hydrogens is 212 g/mol. The zero-order chi connectivity index (χ0) is 13.1. The van der Waals surface area contributed by atoms with Crippen LogP contribution in [0.4, 0.5) is 0 Å². The van der Waals surface area contributed by atoms with E-state index in [4.69, 9.17) is 4.74 Å². The van der Waals surface area contributed by atoms with E-state index in [0.29, 0.717) is 0 Å². The summed E-state index contributed by atoms with van der Waals surface area (Å²) in [5.74, 6) is 0.900. The molecule has 1 aromatic rings. The summed E-state index contributed by atoms with van der Waals surface area (Å²) in [7, 11) is 0. The predicted octanol–water partition coefficient (Wildman–Crippen LogP) is 3.52. The zero-order valence-electron chi connectivity index (χ0n) is 11.5. The van der Waals surface area contributed by atoms with Crippen LogP contribution >= 0.6 is 0 Å². The highest BCUT2D eigenvalue weighted by Crippen LogP contribution is 2.29. The van der Waals surface area contributed by atoms with E-state index in [2.05, 4.69) is 26.0 Å². The molecule has 0 aliphatic rings. The van der Waals surface area contributed by atoms with Crippen molar-refractivity contribution in [2.75, 3.05) is 0 Å². The van der Waals surface area contributed by atoms with Crippen LogP contribution in [-0.4, -0.2) is 17.3 Å². The summed E-state index contributed by atoms with van der Waals surface area (Å²) in [6, 6.07) is 8.17. The highest BCUT2D eigenvalue weighted by Gasteiger charge is 2.22. The molecule has 1 atom stereocenters. The van der Waals surface area contributed by atoms with Gasteiger partial charge < -0.3 is 9.84 Å². The molecule has 0 radical (unpaired) electrons. The van der Waals surface area contributed by atoms with Crippen LogP contribution in [0.15, 0.2) is 24.3 Å². The first-order chi connectivity index (χ1) is 7.81. The second-order valence-electron chi connectivity index (χ2n) is 5.63. The smallest absolute Gasteiger partial charge is 0.119 e. The Balaban J connectivity index is 2.79. The van der Waals surface area contributed by atoms with Gasteiger partial charge in [-0.2, -0.15) is 0 Å². The van der Waals surface area contributed by atoms with Crippen molar-refractivity contribution >= 4 is 0 Å². The fourth-order valence-electron chi connectivity index (χ4n) is 2.11. The minimum atomic E-state index is -0.281. The summed E-state index contributed by atoms with van der Waals surface area (Å²) in [5, 5.41) is 9.50. The van der Waals surface area contributed by atoms with E-state index in [1.165, 1.54) is 5.56 Å². The fourth-order valence-corrected chi connectivity index (χ4v) is 2.11. The van der Waals surface area contributed by atoms with Crippen molar-refractivity contribution in [1.29, 1.82) is 0 Å². The van der Waals surface area contributed by atoms with Crippen molar-refractivity contribution in [2.45, 2.75) is 58.7 Å². The predicted molar refractivity (Wildman–Crippen MR) is 71.5 cm³/mol. The number of hydrogen-bond donors (Lipinski definition) is 1. The van der Waals surface area contributed by atoms with Crippen LogP contribution in [0.25, 0.3) is 0 Å². The average Bonchev–Trinajstić information content (AvgIpc) is 2.15. The Hall–Kier alpha value is -1.02. The summed E-state index contributed by atoms with van der Waals surface area (Å²) in [6.45, 7) is 10.2. The Morgan fingerprint density at radius 3 is 2.06 bits per heavy atom. The molecule has 17 heavy (non-hydrogen) atoms. The summed E-state index contributed by atoms with van der Waals surface area (Å²) >= 11 is 0. The maximum atomic E-state index is 9.50. The Labute approximate surface area is 105 Å². The van der Waals surface area contributed by atoms with Crippen LogP contribution in [0.5, 0.6) is 5.75 Å². The van der Waals surface area contributed by atoms with E-state index >= 15 is 0 Å². The number of ether oxygens (including phenoxy) is 1. The van der Waals surface area contributed by atoms with Crippen molar-refractivity contribution in [3.63, 3.8) is 0 Å². The SMILES string of the molecule is CC(O)CC(C)(C)c1ccc(OC(C)C)cc1. The van der Waals surface area contributed by atoms with Crippen molar-refractivity contribution in [1.82, 2.24) is 0 Å². The Morgan fingerprint density at radius 2 is 1.65 bits per heavy atom. The summed E-state index contributed by atoms with van der Waals surface area (Å²) < 4.78 is 5.61. The Kier molecular flexibility index (Phi) is 4.58.